The van der Waals surface area contributed by atoms with Crippen molar-refractivity contribution in [1.82, 2.24) is 5.32 Å². The molecule has 9 heteroatoms. The van der Waals surface area contributed by atoms with Crippen LogP contribution in [-0.4, -0.2) is 68.5 Å². The van der Waals surface area contributed by atoms with E-state index in [1.807, 2.05) is 27.2 Å². The summed E-state index contributed by atoms with van der Waals surface area (Å²) in [6, 6.07) is -0.884. The molecule has 0 rings (SSSR count). The number of aliphatic hydroxyl groups is 1. The Morgan fingerprint density at radius 3 is 0.904 bits per heavy atom. The Morgan fingerprint density at radius 2 is 0.651 bits per heavy atom. The Kier molecular flexibility index (Phi) is 65.1. The van der Waals surface area contributed by atoms with Gasteiger partial charge in [-0.1, -0.05) is 392 Å². The van der Waals surface area contributed by atoms with E-state index in [9.17, 15) is 19.4 Å². The van der Waals surface area contributed by atoms with Crippen LogP contribution >= 0.6 is 7.82 Å². The van der Waals surface area contributed by atoms with Crippen LogP contribution in [0.5, 0.6) is 0 Å². The maximum absolute atomic E-state index is 13.1. The first-order valence-corrected chi connectivity index (χ1v) is 39.0. The second kappa shape index (κ2) is 65.7. The van der Waals surface area contributed by atoms with E-state index in [2.05, 4.69) is 19.2 Å². The van der Waals surface area contributed by atoms with E-state index in [0.717, 1.165) is 38.5 Å². The lowest BCUT2D eigenvalue weighted by Crippen LogP contribution is -2.45. The number of likely N-dealkylation sites (N-methyl/N-ethyl adjacent to an activating group) is 1. The summed E-state index contributed by atoms with van der Waals surface area (Å²) in [5.74, 6) is -0.186. The Labute approximate surface area is 520 Å². The molecular weight excluding hydrogens is 1040 g/mol. The maximum Gasteiger partial charge on any atom is 0.268 e. The van der Waals surface area contributed by atoms with Crippen molar-refractivity contribution in [3.8, 4) is 0 Å². The predicted octanol–water partition coefficient (Wildman–Crippen LogP) is 23.4. The van der Waals surface area contributed by atoms with E-state index in [1.54, 1.807) is 6.08 Å². The fraction of sp³-hybridized carbons (Fsp3) is 0.959. The highest BCUT2D eigenvalue weighted by Gasteiger charge is 2.23. The van der Waals surface area contributed by atoms with Crippen molar-refractivity contribution in [2.24, 2.45) is 0 Å². The van der Waals surface area contributed by atoms with Gasteiger partial charge in [-0.25, -0.2) is 0 Å². The van der Waals surface area contributed by atoms with Crippen LogP contribution in [-0.2, 0) is 18.4 Å². The first kappa shape index (κ1) is 82.2. The summed E-state index contributed by atoms with van der Waals surface area (Å²) in [5.41, 5.74) is 0. The Hall–Kier alpha value is -0.760. The first-order valence-electron chi connectivity index (χ1n) is 37.6. The standard InChI is InChI=1S/C74H149N2O6P/c1-6-8-10-12-14-16-18-20-22-24-26-28-30-32-34-36-37-38-40-41-43-45-47-49-51-53-55-57-59-61-63-65-67-73(77)72(71-82-83(79,80)81-70-69-76(3,4)5)75-74(78)68-66-64-62-60-58-56-54-52-50-48-46-44-42-39-35-33-31-29-27-25-23-21-19-17-15-13-11-9-7-2/h65,67,72-73,77H,6-64,66,68-71H2,1-5H3,(H-,75,78,79,80)/b67-65+. The zero-order valence-electron chi connectivity index (χ0n) is 56.9. The van der Waals surface area contributed by atoms with E-state index >= 15 is 0 Å². The number of hydrogen-bond acceptors (Lipinski definition) is 6. The highest BCUT2D eigenvalue weighted by molar-refractivity contribution is 7.45. The van der Waals surface area contributed by atoms with Crippen LogP contribution in [0.1, 0.15) is 406 Å². The molecule has 0 aromatic rings. The zero-order chi connectivity index (χ0) is 60.5. The van der Waals surface area contributed by atoms with E-state index in [-0.39, 0.29) is 19.1 Å². The highest BCUT2D eigenvalue weighted by Crippen LogP contribution is 2.38. The van der Waals surface area contributed by atoms with Crippen LogP contribution in [0.25, 0.3) is 0 Å². The summed E-state index contributed by atoms with van der Waals surface area (Å²) < 4.78 is 23.5. The third kappa shape index (κ3) is 68.6. The molecule has 0 aliphatic heterocycles. The van der Waals surface area contributed by atoms with Crippen molar-refractivity contribution >= 4 is 13.7 Å². The Balaban J connectivity index is 3.98. The van der Waals surface area contributed by atoms with Crippen molar-refractivity contribution in [3.05, 3.63) is 12.2 Å². The number of quaternary nitrogens is 1. The Morgan fingerprint density at radius 1 is 0.410 bits per heavy atom. The molecule has 0 aliphatic carbocycles. The number of rotatable bonds is 71. The summed E-state index contributed by atoms with van der Waals surface area (Å²) >= 11 is 0. The molecular formula is C74H149N2O6P. The molecule has 2 N–H and O–H groups in total. The average molecular weight is 1190 g/mol. The SMILES string of the molecule is CCCCCCCCCCCCCCCCCCCCCCCCCCCCCCCC/C=C/C(O)C(COP(=O)([O-])OCC[N+](C)(C)C)NC(=O)CCCCCCCCCCCCCCCCCCCCCCCCCCCCCCC. The van der Waals surface area contributed by atoms with E-state index in [1.165, 1.54) is 347 Å². The number of nitrogens with zero attached hydrogens (tertiary/aromatic N) is 1. The van der Waals surface area contributed by atoms with Crippen molar-refractivity contribution in [3.63, 3.8) is 0 Å². The summed E-state index contributed by atoms with van der Waals surface area (Å²) in [5, 5.41) is 14.0. The van der Waals surface area contributed by atoms with Gasteiger partial charge in [0.2, 0.25) is 5.91 Å². The van der Waals surface area contributed by atoms with Crippen molar-refractivity contribution < 1.29 is 32.9 Å². The molecule has 1 amide bonds. The van der Waals surface area contributed by atoms with Crippen LogP contribution in [0, 0.1) is 0 Å². The molecule has 496 valence electrons. The second-order valence-electron chi connectivity index (χ2n) is 27.4. The number of phosphoric ester groups is 1. The van der Waals surface area contributed by atoms with Gasteiger partial charge in [0.05, 0.1) is 39.9 Å². The van der Waals surface area contributed by atoms with Crippen LogP contribution in [0.3, 0.4) is 0 Å². The van der Waals surface area contributed by atoms with Crippen LogP contribution in [0.4, 0.5) is 0 Å². The number of carbonyl (C=O) groups excluding carboxylic acids is 1. The van der Waals surface area contributed by atoms with Crippen LogP contribution < -0.4 is 10.2 Å². The van der Waals surface area contributed by atoms with Gasteiger partial charge in [0, 0.05) is 6.42 Å². The van der Waals surface area contributed by atoms with Gasteiger partial charge >= 0.3 is 0 Å². The first-order chi connectivity index (χ1) is 40.5. The molecule has 83 heavy (non-hydrogen) atoms. The smallest absolute Gasteiger partial charge is 0.268 e. The van der Waals surface area contributed by atoms with E-state index in [4.69, 9.17) is 9.05 Å². The number of nitrogens with one attached hydrogen (secondary N) is 1. The minimum absolute atomic E-state index is 0.00310. The molecule has 0 aromatic heterocycles. The zero-order valence-corrected chi connectivity index (χ0v) is 57.8. The van der Waals surface area contributed by atoms with Gasteiger partial charge in [0.1, 0.15) is 13.2 Å². The van der Waals surface area contributed by atoms with E-state index < -0.39 is 20.0 Å². The highest BCUT2D eigenvalue weighted by atomic mass is 31.2. The molecule has 0 aromatic carbocycles. The largest absolute Gasteiger partial charge is 0.756 e. The third-order valence-electron chi connectivity index (χ3n) is 17.7. The third-order valence-corrected chi connectivity index (χ3v) is 18.7. The predicted molar refractivity (Wildman–Crippen MR) is 362 cm³/mol. The molecule has 3 unspecified atom stereocenters. The number of hydrogen-bond donors (Lipinski definition) is 2. The molecule has 0 fully saturated rings. The van der Waals surface area contributed by atoms with Crippen LogP contribution in [0.2, 0.25) is 0 Å². The lowest BCUT2D eigenvalue weighted by atomic mass is 10.0. The Bertz CT molecular complexity index is 1360. The lowest BCUT2D eigenvalue weighted by Gasteiger charge is -2.29. The van der Waals surface area contributed by atoms with Crippen molar-refractivity contribution in [2.75, 3.05) is 40.9 Å². The number of carbonyl (C=O) groups is 1. The molecule has 0 saturated carbocycles. The lowest BCUT2D eigenvalue weighted by molar-refractivity contribution is -0.870. The summed E-state index contributed by atoms with van der Waals surface area (Å²) in [4.78, 5) is 25.7. The molecule has 0 aliphatic rings. The maximum atomic E-state index is 13.1. The molecule has 0 spiro atoms. The minimum atomic E-state index is -4.60. The second-order valence-corrected chi connectivity index (χ2v) is 28.8. The summed E-state index contributed by atoms with van der Waals surface area (Å²) in [7, 11) is 1.29. The molecule has 8 nitrogen and oxygen atoms in total. The van der Waals surface area contributed by atoms with Crippen molar-refractivity contribution in [2.45, 2.75) is 418 Å². The summed E-state index contributed by atoms with van der Waals surface area (Å²) in [6.07, 6.45) is 85.0. The number of phosphoric acid groups is 1. The molecule has 0 radical (unpaired) electrons. The molecule has 3 atom stereocenters. The van der Waals surface area contributed by atoms with Gasteiger partial charge in [-0.15, -0.1) is 0 Å². The van der Waals surface area contributed by atoms with Gasteiger partial charge in [-0.05, 0) is 19.3 Å². The minimum Gasteiger partial charge on any atom is -0.756 e. The topological polar surface area (TPSA) is 108 Å². The molecule has 0 bridgehead atoms. The number of allylic oxidation sites excluding steroid dienone is 1. The number of aliphatic hydroxyl groups excluding tert-OH is 1. The van der Waals surface area contributed by atoms with Gasteiger partial charge < -0.3 is 28.8 Å². The van der Waals surface area contributed by atoms with Gasteiger partial charge in [-0.2, -0.15) is 0 Å². The monoisotopic (exact) mass is 1190 g/mol. The summed E-state index contributed by atoms with van der Waals surface area (Å²) in [6.45, 7) is 4.73. The van der Waals surface area contributed by atoms with Gasteiger partial charge in [-0.3, -0.25) is 9.36 Å². The number of amides is 1. The van der Waals surface area contributed by atoms with Crippen molar-refractivity contribution in [1.29, 1.82) is 0 Å². The van der Waals surface area contributed by atoms with Gasteiger partial charge in [0.25, 0.3) is 7.82 Å². The quantitative estimate of drug-likeness (QED) is 0.0272. The van der Waals surface area contributed by atoms with Gasteiger partial charge in [0.15, 0.2) is 0 Å². The average Bonchev–Trinajstić information content (AvgIpc) is 3.49. The fourth-order valence-corrected chi connectivity index (χ4v) is 12.6. The van der Waals surface area contributed by atoms with E-state index in [0.29, 0.717) is 17.4 Å². The van der Waals surface area contributed by atoms with Crippen LogP contribution in [0.15, 0.2) is 12.2 Å². The molecule has 0 saturated heterocycles. The number of unbranched alkanes of at least 4 members (excludes halogenated alkanes) is 58. The fourth-order valence-electron chi connectivity index (χ4n) is 11.9. The molecule has 0 heterocycles. The normalized spacial score (nSPS) is 13.6.